The predicted molar refractivity (Wildman–Crippen MR) is 191 cm³/mol. The fourth-order valence-electron chi connectivity index (χ4n) is 8.58. The Morgan fingerprint density at radius 2 is 1.44 bits per heavy atom. The van der Waals surface area contributed by atoms with E-state index in [2.05, 4.69) is 0 Å². The van der Waals surface area contributed by atoms with Gasteiger partial charge in [0.1, 0.15) is 29.7 Å². The van der Waals surface area contributed by atoms with E-state index in [0.717, 1.165) is 0 Å². The number of rotatable bonds is 8. The molecular formula is C38H69NO13. The van der Waals surface area contributed by atoms with Crippen LogP contribution in [0.25, 0.3) is 0 Å². The Hall–Kier alpha value is -1.30. The number of carbonyl (C=O) groups excluding carboxylic acids is 2. The molecule has 0 aromatic rings. The first kappa shape index (κ1) is 45.1. The Morgan fingerprint density at radius 1 is 0.846 bits per heavy atom. The van der Waals surface area contributed by atoms with Crippen LogP contribution in [0.5, 0.6) is 0 Å². The second-order valence-corrected chi connectivity index (χ2v) is 16.6. The molecule has 6 unspecified atom stereocenters. The van der Waals surface area contributed by atoms with Crippen LogP contribution in [-0.4, -0.2) is 150 Å². The highest BCUT2D eigenvalue weighted by Gasteiger charge is 2.54. The SMILES string of the molecule is CC[C@H]1OC(=O)C(C)[C@@H](O[C@H]2C[C@@](C)(OC)[C@@H](O)C(C)O2)[C@H](C)[C@@H](O[C@@H]2OC(C)CC(N(C)C)[C@H]2O)[C@](C)(OC)C[C@@H](C)C(=O)C(C)C(O)[C@]1(C)O. The number of cyclic esters (lactones) is 1. The molecule has 52 heavy (non-hydrogen) atoms. The quantitative estimate of drug-likeness (QED) is 0.266. The Kier molecular flexibility index (Phi) is 15.3. The van der Waals surface area contributed by atoms with Crippen LogP contribution in [0.1, 0.15) is 94.9 Å². The van der Waals surface area contributed by atoms with Gasteiger partial charge in [-0.05, 0) is 74.9 Å². The van der Waals surface area contributed by atoms with Crippen LogP contribution < -0.4 is 0 Å². The number of aliphatic hydroxyl groups excluding tert-OH is 3. The molecule has 3 saturated heterocycles. The lowest BCUT2D eigenvalue weighted by atomic mass is 9.74. The molecule has 4 N–H and O–H groups in total. The molecule has 0 aromatic heterocycles. The van der Waals surface area contributed by atoms with Crippen LogP contribution >= 0.6 is 0 Å². The zero-order chi connectivity index (χ0) is 39.7. The topological polar surface area (TPSA) is 183 Å². The first-order valence-corrected chi connectivity index (χ1v) is 18.9. The average molecular weight is 748 g/mol. The molecule has 0 aliphatic carbocycles. The van der Waals surface area contributed by atoms with Gasteiger partial charge in [-0.3, -0.25) is 9.59 Å². The fourth-order valence-corrected chi connectivity index (χ4v) is 8.58. The molecule has 3 heterocycles. The third-order valence-corrected chi connectivity index (χ3v) is 12.3. The smallest absolute Gasteiger partial charge is 0.311 e. The van der Waals surface area contributed by atoms with Gasteiger partial charge in [-0.2, -0.15) is 0 Å². The molecule has 0 amide bonds. The average Bonchev–Trinajstić information content (AvgIpc) is 3.09. The van der Waals surface area contributed by atoms with Gasteiger partial charge in [0.15, 0.2) is 12.6 Å². The predicted octanol–water partition coefficient (Wildman–Crippen LogP) is 2.44. The molecule has 3 aliphatic heterocycles. The molecule has 0 bridgehead atoms. The molecule has 3 rings (SSSR count). The number of carbonyl (C=O) groups is 2. The molecule has 304 valence electrons. The van der Waals surface area contributed by atoms with Crippen molar-refractivity contribution in [3.63, 3.8) is 0 Å². The van der Waals surface area contributed by atoms with Crippen molar-refractivity contribution in [3.05, 3.63) is 0 Å². The number of nitrogens with zero attached hydrogens (tertiary/aromatic N) is 1. The fraction of sp³-hybridized carbons (Fsp3) is 0.947. The van der Waals surface area contributed by atoms with E-state index in [1.165, 1.54) is 21.1 Å². The van der Waals surface area contributed by atoms with E-state index in [0.29, 0.717) is 6.42 Å². The van der Waals surface area contributed by atoms with E-state index in [9.17, 15) is 30.0 Å². The number of likely N-dealkylation sites (N-methyl/N-ethyl adjacent to an activating group) is 1. The van der Waals surface area contributed by atoms with E-state index in [4.69, 9.17) is 33.2 Å². The largest absolute Gasteiger partial charge is 0.459 e. The number of esters is 1. The van der Waals surface area contributed by atoms with Gasteiger partial charge < -0.3 is 58.5 Å². The van der Waals surface area contributed by atoms with Crippen LogP contribution in [-0.2, 0) is 42.7 Å². The summed E-state index contributed by atoms with van der Waals surface area (Å²) in [6.07, 6.45) is -8.73. The minimum atomic E-state index is -1.96. The van der Waals surface area contributed by atoms with Crippen LogP contribution in [0.3, 0.4) is 0 Å². The summed E-state index contributed by atoms with van der Waals surface area (Å²) < 4.78 is 43.9. The maximum absolute atomic E-state index is 14.2. The lowest BCUT2D eigenvalue weighted by molar-refractivity contribution is -0.319. The maximum atomic E-state index is 14.2. The van der Waals surface area contributed by atoms with E-state index >= 15 is 0 Å². The number of Topliss-reactive ketones (excluding diaryl/α,β-unsaturated/α-hetero) is 1. The van der Waals surface area contributed by atoms with Crippen molar-refractivity contribution >= 4 is 11.8 Å². The van der Waals surface area contributed by atoms with Crippen molar-refractivity contribution in [1.29, 1.82) is 0 Å². The minimum absolute atomic E-state index is 0.111. The summed E-state index contributed by atoms with van der Waals surface area (Å²) in [7, 11) is 6.77. The number of hydrogen-bond acceptors (Lipinski definition) is 14. The summed E-state index contributed by atoms with van der Waals surface area (Å²) in [4.78, 5) is 30.1. The van der Waals surface area contributed by atoms with Crippen LogP contribution in [0.15, 0.2) is 0 Å². The molecule has 3 fully saturated rings. The third-order valence-electron chi connectivity index (χ3n) is 12.3. The van der Waals surface area contributed by atoms with Crippen LogP contribution in [0.4, 0.5) is 0 Å². The minimum Gasteiger partial charge on any atom is -0.459 e. The molecular weight excluding hydrogens is 678 g/mol. The molecule has 14 heteroatoms. The normalized spacial score (nSPS) is 49.0. The standard InChI is InChI=1S/C38H69NO13/c1-15-26-38(10,45)31(42)21(4)28(40)19(2)17-37(9,47-14)33(52-35-29(41)25(39(11)12)16-20(3)48-35)22(5)30(23(6)34(44)50-26)51-27-18-36(8,46-13)32(43)24(7)49-27/h19-27,29-33,35,41-43,45H,15-18H2,1-14H3/t19-,20?,21?,22+,23?,24?,25?,26-,27+,29-,30+,31?,32+,33-,35+,36-,37-,38-/m1/s1. The Balaban J connectivity index is 2.22. The first-order chi connectivity index (χ1) is 24.0. The van der Waals surface area contributed by atoms with Gasteiger partial charge in [0.25, 0.3) is 0 Å². The van der Waals surface area contributed by atoms with Crippen molar-refractivity contribution in [3.8, 4) is 0 Å². The van der Waals surface area contributed by atoms with Gasteiger partial charge in [0, 0.05) is 44.4 Å². The van der Waals surface area contributed by atoms with Crippen LogP contribution in [0.2, 0.25) is 0 Å². The van der Waals surface area contributed by atoms with E-state index in [1.807, 2.05) is 32.8 Å². The monoisotopic (exact) mass is 747 g/mol. The number of methoxy groups -OCH3 is 2. The van der Waals surface area contributed by atoms with Gasteiger partial charge in [-0.15, -0.1) is 0 Å². The van der Waals surface area contributed by atoms with Gasteiger partial charge in [0.2, 0.25) is 0 Å². The Morgan fingerprint density at radius 3 is 1.98 bits per heavy atom. The van der Waals surface area contributed by atoms with Gasteiger partial charge in [-0.25, -0.2) is 0 Å². The summed E-state index contributed by atoms with van der Waals surface area (Å²) in [5.41, 5.74) is -4.24. The molecule has 0 saturated carbocycles. The van der Waals surface area contributed by atoms with Gasteiger partial charge in [0.05, 0.1) is 47.6 Å². The number of ether oxygens (including phenoxy) is 7. The van der Waals surface area contributed by atoms with Crippen molar-refractivity contribution in [1.82, 2.24) is 4.90 Å². The number of ketones is 1. The third kappa shape index (κ3) is 9.38. The van der Waals surface area contributed by atoms with Gasteiger partial charge >= 0.3 is 5.97 Å². The van der Waals surface area contributed by atoms with Crippen molar-refractivity contribution < 1.29 is 63.2 Å². The van der Waals surface area contributed by atoms with Gasteiger partial charge in [-0.1, -0.05) is 27.7 Å². The summed E-state index contributed by atoms with van der Waals surface area (Å²) >= 11 is 0. The lowest BCUT2D eigenvalue weighted by Gasteiger charge is -2.50. The number of hydrogen-bond donors (Lipinski definition) is 4. The molecule has 18 atom stereocenters. The maximum Gasteiger partial charge on any atom is 0.311 e. The van der Waals surface area contributed by atoms with Crippen molar-refractivity contribution in [2.45, 2.75) is 179 Å². The molecule has 0 radical (unpaired) electrons. The summed E-state index contributed by atoms with van der Waals surface area (Å²) in [5.74, 6) is -4.47. The van der Waals surface area contributed by atoms with E-state index in [1.54, 1.807) is 48.5 Å². The highest BCUT2D eigenvalue weighted by molar-refractivity contribution is 5.83. The van der Waals surface area contributed by atoms with Crippen LogP contribution in [0, 0.1) is 23.7 Å². The second kappa shape index (κ2) is 17.7. The molecule has 3 aliphatic rings. The summed E-state index contributed by atoms with van der Waals surface area (Å²) in [6, 6.07) is -0.283. The zero-order valence-corrected chi connectivity index (χ0v) is 33.9. The van der Waals surface area contributed by atoms with E-state index < -0.39 is 102 Å². The highest BCUT2D eigenvalue weighted by Crippen LogP contribution is 2.41. The van der Waals surface area contributed by atoms with Crippen molar-refractivity contribution in [2.24, 2.45) is 23.7 Å². The second-order valence-electron chi connectivity index (χ2n) is 16.6. The van der Waals surface area contributed by atoms with Crippen molar-refractivity contribution in [2.75, 3.05) is 28.3 Å². The number of aliphatic hydroxyl groups is 4. The zero-order valence-electron chi connectivity index (χ0n) is 33.9. The molecule has 0 spiro atoms. The summed E-state index contributed by atoms with van der Waals surface area (Å²) in [6.45, 7) is 17.1. The molecule has 14 nitrogen and oxygen atoms in total. The molecule has 0 aromatic carbocycles. The lowest BCUT2D eigenvalue weighted by Crippen LogP contribution is -2.61. The Labute approximate surface area is 310 Å². The highest BCUT2D eigenvalue weighted by atomic mass is 16.7. The van der Waals surface area contributed by atoms with E-state index in [-0.39, 0.29) is 37.2 Å². The Bertz CT molecular complexity index is 1190. The first-order valence-electron chi connectivity index (χ1n) is 18.9. The summed E-state index contributed by atoms with van der Waals surface area (Å²) in [5, 5.41) is 45.6.